The van der Waals surface area contributed by atoms with Gasteiger partial charge in [0, 0.05) is 17.3 Å². The van der Waals surface area contributed by atoms with Crippen LogP contribution in [0.5, 0.6) is 5.75 Å². The predicted molar refractivity (Wildman–Crippen MR) is 73.7 cm³/mol. The molecule has 0 aliphatic heterocycles. The van der Waals surface area contributed by atoms with Crippen LogP contribution in [0.3, 0.4) is 0 Å². The Morgan fingerprint density at radius 2 is 2.16 bits per heavy atom. The van der Waals surface area contributed by atoms with E-state index in [0.717, 1.165) is 17.0 Å². The number of aromatic nitrogens is 2. The van der Waals surface area contributed by atoms with Gasteiger partial charge in [0.2, 0.25) is 0 Å². The molecule has 2 rings (SSSR count). The van der Waals surface area contributed by atoms with E-state index in [1.54, 1.807) is 13.0 Å². The highest BCUT2D eigenvalue weighted by atomic mass is 16.5. The van der Waals surface area contributed by atoms with Crippen molar-refractivity contribution >= 4 is 5.78 Å². The fraction of sp³-hybridized carbons (Fsp3) is 0.333. The fourth-order valence-electron chi connectivity index (χ4n) is 1.94. The molecular weight excluding hydrogens is 240 g/mol. The average molecular weight is 258 g/mol. The molecule has 0 saturated heterocycles. The Morgan fingerprint density at radius 1 is 1.37 bits per heavy atom. The molecule has 100 valence electrons. The number of rotatable bonds is 5. The molecule has 0 bridgehead atoms. The highest BCUT2D eigenvalue weighted by Crippen LogP contribution is 2.21. The van der Waals surface area contributed by atoms with Gasteiger partial charge in [-0.25, -0.2) is 0 Å². The SMILES string of the molecule is CCOc1ccc(C(C)=O)cc1Cn1ccc(C)n1. The van der Waals surface area contributed by atoms with Gasteiger partial charge >= 0.3 is 0 Å². The molecule has 0 saturated carbocycles. The maximum absolute atomic E-state index is 11.5. The first kappa shape index (κ1) is 13.3. The van der Waals surface area contributed by atoms with Crippen molar-refractivity contribution < 1.29 is 9.53 Å². The van der Waals surface area contributed by atoms with E-state index in [9.17, 15) is 4.79 Å². The predicted octanol–water partition coefficient (Wildman–Crippen LogP) is 2.84. The minimum atomic E-state index is 0.0564. The number of hydrogen-bond acceptors (Lipinski definition) is 3. The summed E-state index contributed by atoms with van der Waals surface area (Å²) in [5, 5.41) is 4.36. The Bertz CT molecular complexity index is 588. The zero-order valence-electron chi connectivity index (χ0n) is 11.5. The van der Waals surface area contributed by atoms with Gasteiger partial charge in [-0.1, -0.05) is 0 Å². The maximum atomic E-state index is 11.5. The molecule has 0 fully saturated rings. The van der Waals surface area contributed by atoms with Crippen molar-refractivity contribution in [1.82, 2.24) is 9.78 Å². The van der Waals surface area contributed by atoms with E-state index in [1.807, 2.05) is 42.9 Å². The summed E-state index contributed by atoms with van der Waals surface area (Å²) in [7, 11) is 0. The second-order valence-corrected chi connectivity index (χ2v) is 4.47. The van der Waals surface area contributed by atoms with Crippen LogP contribution >= 0.6 is 0 Å². The van der Waals surface area contributed by atoms with Gasteiger partial charge < -0.3 is 4.74 Å². The van der Waals surface area contributed by atoms with E-state index in [0.29, 0.717) is 18.7 Å². The number of carbonyl (C=O) groups excluding carboxylic acids is 1. The monoisotopic (exact) mass is 258 g/mol. The van der Waals surface area contributed by atoms with Crippen LogP contribution in [-0.4, -0.2) is 22.2 Å². The fourth-order valence-corrected chi connectivity index (χ4v) is 1.94. The summed E-state index contributed by atoms with van der Waals surface area (Å²) in [6.07, 6.45) is 1.92. The zero-order valence-corrected chi connectivity index (χ0v) is 11.5. The quantitative estimate of drug-likeness (QED) is 0.775. The molecule has 0 aliphatic rings. The van der Waals surface area contributed by atoms with Crippen molar-refractivity contribution in [3.8, 4) is 5.75 Å². The molecule has 0 aliphatic carbocycles. The van der Waals surface area contributed by atoms with E-state index < -0.39 is 0 Å². The molecule has 1 aromatic heterocycles. The van der Waals surface area contributed by atoms with Crippen LogP contribution in [-0.2, 0) is 6.54 Å². The van der Waals surface area contributed by atoms with Crippen LogP contribution in [0.25, 0.3) is 0 Å². The zero-order chi connectivity index (χ0) is 13.8. The van der Waals surface area contributed by atoms with Gasteiger partial charge in [0.05, 0.1) is 18.8 Å². The number of benzene rings is 1. The van der Waals surface area contributed by atoms with Gasteiger partial charge in [0.25, 0.3) is 0 Å². The Balaban J connectivity index is 2.34. The molecule has 1 heterocycles. The maximum Gasteiger partial charge on any atom is 0.159 e. The van der Waals surface area contributed by atoms with Gasteiger partial charge in [-0.3, -0.25) is 9.48 Å². The molecule has 0 atom stereocenters. The number of aryl methyl sites for hydroxylation is 1. The van der Waals surface area contributed by atoms with Gasteiger partial charge in [0.1, 0.15) is 5.75 Å². The molecular formula is C15H18N2O2. The lowest BCUT2D eigenvalue weighted by atomic mass is 10.1. The van der Waals surface area contributed by atoms with Gasteiger partial charge in [0.15, 0.2) is 5.78 Å². The number of ketones is 1. The molecule has 4 heteroatoms. The van der Waals surface area contributed by atoms with E-state index in [2.05, 4.69) is 5.10 Å². The van der Waals surface area contributed by atoms with Crippen LogP contribution in [0.2, 0.25) is 0 Å². The normalized spacial score (nSPS) is 10.5. The molecule has 1 aromatic carbocycles. The third kappa shape index (κ3) is 3.22. The topological polar surface area (TPSA) is 44.1 Å². The third-order valence-electron chi connectivity index (χ3n) is 2.87. The lowest BCUT2D eigenvalue weighted by Crippen LogP contribution is -2.06. The standard InChI is InChI=1S/C15H18N2O2/c1-4-19-15-6-5-13(12(3)18)9-14(15)10-17-8-7-11(2)16-17/h5-9H,4,10H2,1-3H3. The largest absolute Gasteiger partial charge is 0.494 e. The second kappa shape index (κ2) is 5.69. The number of hydrogen-bond donors (Lipinski definition) is 0. The molecule has 0 radical (unpaired) electrons. The van der Waals surface area contributed by atoms with E-state index >= 15 is 0 Å². The molecule has 4 nitrogen and oxygen atoms in total. The second-order valence-electron chi connectivity index (χ2n) is 4.47. The van der Waals surface area contributed by atoms with E-state index in [-0.39, 0.29) is 5.78 Å². The highest BCUT2D eigenvalue weighted by Gasteiger charge is 2.09. The molecule has 19 heavy (non-hydrogen) atoms. The Kier molecular flexibility index (Phi) is 4.00. The summed E-state index contributed by atoms with van der Waals surface area (Å²) in [5.41, 5.74) is 2.64. The van der Waals surface area contributed by atoms with E-state index in [1.165, 1.54) is 0 Å². The third-order valence-corrected chi connectivity index (χ3v) is 2.87. The molecule has 0 amide bonds. The summed E-state index contributed by atoms with van der Waals surface area (Å²) in [5.74, 6) is 0.863. The van der Waals surface area contributed by atoms with Crippen molar-refractivity contribution in [2.75, 3.05) is 6.61 Å². The number of ether oxygens (including phenoxy) is 1. The number of Topliss-reactive ketones (excluding diaryl/α,β-unsaturated/α-hetero) is 1. The lowest BCUT2D eigenvalue weighted by Gasteiger charge is -2.11. The summed E-state index contributed by atoms with van der Waals surface area (Å²) >= 11 is 0. The Morgan fingerprint density at radius 3 is 2.74 bits per heavy atom. The molecule has 0 unspecified atom stereocenters. The number of nitrogens with zero attached hydrogens (tertiary/aromatic N) is 2. The first-order chi connectivity index (χ1) is 9.10. The summed E-state index contributed by atoms with van der Waals surface area (Å²) in [6.45, 7) is 6.67. The van der Waals surface area contributed by atoms with Crippen molar-refractivity contribution in [2.45, 2.75) is 27.3 Å². The van der Waals surface area contributed by atoms with Crippen LogP contribution in [0.1, 0.15) is 35.5 Å². The summed E-state index contributed by atoms with van der Waals surface area (Å²) < 4.78 is 7.44. The summed E-state index contributed by atoms with van der Waals surface area (Å²) in [6, 6.07) is 7.48. The van der Waals surface area contributed by atoms with Crippen LogP contribution in [0, 0.1) is 6.92 Å². The molecule has 2 aromatic rings. The van der Waals surface area contributed by atoms with Gasteiger partial charge in [-0.15, -0.1) is 0 Å². The number of carbonyl (C=O) groups is 1. The van der Waals surface area contributed by atoms with Crippen molar-refractivity contribution in [1.29, 1.82) is 0 Å². The van der Waals surface area contributed by atoms with Gasteiger partial charge in [-0.05, 0) is 45.0 Å². The average Bonchev–Trinajstić information content (AvgIpc) is 2.77. The first-order valence-electron chi connectivity index (χ1n) is 6.37. The van der Waals surface area contributed by atoms with Crippen LogP contribution in [0.15, 0.2) is 30.5 Å². The smallest absolute Gasteiger partial charge is 0.159 e. The van der Waals surface area contributed by atoms with Crippen LogP contribution in [0.4, 0.5) is 0 Å². The lowest BCUT2D eigenvalue weighted by molar-refractivity contribution is 0.101. The van der Waals surface area contributed by atoms with Gasteiger partial charge in [-0.2, -0.15) is 5.10 Å². The minimum absolute atomic E-state index is 0.0564. The molecule has 0 N–H and O–H groups in total. The van der Waals surface area contributed by atoms with Crippen molar-refractivity contribution in [3.05, 3.63) is 47.3 Å². The first-order valence-corrected chi connectivity index (χ1v) is 6.37. The van der Waals surface area contributed by atoms with Crippen LogP contribution < -0.4 is 4.74 Å². The van der Waals surface area contributed by atoms with Crippen molar-refractivity contribution in [2.24, 2.45) is 0 Å². The highest BCUT2D eigenvalue weighted by molar-refractivity contribution is 5.94. The molecule has 0 spiro atoms. The van der Waals surface area contributed by atoms with Crippen molar-refractivity contribution in [3.63, 3.8) is 0 Å². The Labute approximate surface area is 113 Å². The van der Waals surface area contributed by atoms with E-state index in [4.69, 9.17) is 4.74 Å². The minimum Gasteiger partial charge on any atom is -0.494 e. The Hall–Kier alpha value is -2.10. The summed E-state index contributed by atoms with van der Waals surface area (Å²) in [4.78, 5) is 11.5.